The molecule has 20 heavy (non-hydrogen) atoms. The Balaban J connectivity index is 0.00000361. The van der Waals surface area contributed by atoms with E-state index < -0.39 is 24.1 Å². The molecule has 0 saturated heterocycles. The van der Waals surface area contributed by atoms with Gasteiger partial charge < -0.3 is 15.2 Å². The Labute approximate surface area is 128 Å². The van der Waals surface area contributed by atoms with E-state index in [1.165, 1.54) is 19.2 Å². The molecule has 4 nitrogen and oxygen atoms in total. The first-order valence-corrected chi connectivity index (χ1v) is 5.90. The Morgan fingerprint density at radius 2 is 2.05 bits per heavy atom. The second kappa shape index (κ2) is 7.70. The zero-order valence-electron chi connectivity index (χ0n) is 10.2. The molecule has 0 heterocycles. The minimum Gasteiger partial charge on any atom is -0.469 e. The third-order valence-electron chi connectivity index (χ3n) is 2.21. The Morgan fingerprint density at radius 1 is 1.45 bits per heavy atom. The number of halogens is 5. The first-order valence-electron chi connectivity index (χ1n) is 5.10. The predicted octanol–water partition coefficient (Wildman–Crippen LogP) is 3.33. The lowest BCUT2D eigenvalue weighted by atomic mass is 10.0. The SMILES string of the molecule is COC(=O)C[C@@H](N)c1cc(Br)ccc1OC(F)(F)F.Cl. The third-order valence-corrected chi connectivity index (χ3v) is 2.70. The Kier molecular flexibility index (Phi) is 7.32. The molecule has 0 fully saturated rings. The van der Waals surface area contributed by atoms with E-state index in [4.69, 9.17) is 5.73 Å². The standard InChI is InChI=1S/C11H11BrF3NO3.ClH/c1-18-10(17)5-8(16)7-4-6(12)2-3-9(7)19-11(13,14)15;/h2-4,8H,5,16H2,1H3;1H/t8-;/m1./s1. The van der Waals surface area contributed by atoms with Gasteiger partial charge in [0.2, 0.25) is 0 Å². The fourth-order valence-electron chi connectivity index (χ4n) is 1.40. The predicted molar refractivity (Wildman–Crippen MR) is 71.6 cm³/mol. The summed E-state index contributed by atoms with van der Waals surface area (Å²) in [5, 5.41) is 0. The van der Waals surface area contributed by atoms with Crippen LogP contribution in [0.5, 0.6) is 5.75 Å². The highest BCUT2D eigenvalue weighted by molar-refractivity contribution is 9.10. The highest BCUT2D eigenvalue weighted by atomic mass is 79.9. The van der Waals surface area contributed by atoms with Gasteiger partial charge in [0.15, 0.2) is 0 Å². The highest BCUT2D eigenvalue weighted by Gasteiger charge is 2.33. The molecule has 1 aromatic carbocycles. The molecule has 0 saturated carbocycles. The smallest absolute Gasteiger partial charge is 0.469 e. The van der Waals surface area contributed by atoms with Gasteiger partial charge in [-0.1, -0.05) is 15.9 Å². The van der Waals surface area contributed by atoms with E-state index in [0.29, 0.717) is 4.47 Å². The Hall–Kier alpha value is -0.990. The molecule has 0 aliphatic rings. The monoisotopic (exact) mass is 377 g/mol. The first-order chi connectivity index (χ1) is 8.73. The second-order valence-electron chi connectivity index (χ2n) is 3.62. The first kappa shape index (κ1) is 19.0. The van der Waals surface area contributed by atoms with Crippen LogP contribution < -0.4 is 10.5 Å². The van der Waals surface area contributed by atoms with Crippen LogP contribution in [0.2, 0.25) is 0 Å². The van der Waals surface area contributed by atoms with Gasteiger partial charge in [0.1, 0.15) is 5.75 Å². The maximum atomic E-state index is 12.2. The van der Waals surface area contributed by atoms with Crippen LogP contribution in [-0.2, 0) is 9.53 Å². The number of carbonyl (C=O) groups excluding carboxylic acids is 1. The lowest BCUT2D eigenvalue weighted by Crippen LogP contribution is -2.21. The van der Waals surface area contributed by atoms with Crippen molar-refractivity contribution in [3.8, 4) is 5.75 Å². The summed E-state index contributed by atoms with van der Waals surface area (Å²) in [6.07, 6.45) is -5.07. The molecular formula is C11H12BrClF3NO3. The number of benzene rings is 1. The van der Waals surface area contributed by atoms with E-state index in [1.807, 2.05) is 0 Å². The number of rotatable bonds is 4. The number of methoxy groups -OCH3 is 1. The lowest BCUT2D eigenvalue weighted by molar-refractivity contribution is -0.275. The fourth-order valence-corrected chi connectivity index (χ4v) is 1.78. The summed E-state index contributed by atoms with van der Waals surface area (Å²) in [5.74, 6) is -1.06. The van der Waals surface area contributed by atoms with E-state index in [1.54, 1.807) is 0 Å². The molecule has 1 aromatic rings. The quantitative estimate of drug-likeness (QED) is 0.817. The van der Waals surface area contributed by atoms with Gasteiger partial charge in [-0.25, -0.2) is 0 Å². The summed E-state index contributed by atoms with van der Waals surface area (Å²) < 4.78 is 45.6. The van der Waals surface area contributed by atoms with Crippen molar-refractivity contribution in [2.45, 2.75) is 18.8 Å². The molecular weight excluding hydrogens is 366 g/mol. The molecule has 0 radical (unpaired) electrons. The van der Waals surface area contributed by atoms with Crippen molar-refractivity contribution in [1.29, 1.82) is 0 Å². The van der Waals surface area contributed by atoms with Crippen LogP contribution in [0.15, 0.2) is 22.7 Å². The summed E-state index contributed by atoms with van der Waals surface area (Å²) >= 11 is 3.12. The van der Waals surface area contributed by atoms with E-state index in [-0.39, 0.29) is 24.4 Å². The van der Waals surface area contributed by atoms with Gasteiger partial charge in [-0.15, -0.1) is 25.6 Å². The summed E-state index contributed by atoms with van der Waals surface area (Å²) in [5.41, 5.74) is 5.76. The van der Waals surface area contributed by atoms with E-state index in [2.05, 4.69) is 25.4 Å². The normalized spacial score (nSPS) is 12.3. The minimum absolute atomic E-state index is 0. The average molecular weight is 379 g/mol. The Bertz CT molecular complexity index is 471. The van der Waals surface area contributed by atoms with Gasteiger partial charge in [-0.05, 0) is 18.2 Å². The second-order valence-corrected chi connectivity index (χ2v) is 4.53. The summed E-state index contributed by atoms with van der Waals surface area (Å²) in [4.78, 5) is 11.1. The fraction of sp³-hybridized carbons (Fsp3) is 0.364. The van der Waals surface area contributed by atoms with Crippen molar-refractivity contribution in [3.05, 3.63) is 28.2 Å². The number of ether oxygens (including phenoxy) is 2. The molecule has 2 N–H and O–H groups in total. The number of hydrogen-bond acceptors (Lipinski definition) is 4. The molecule has 0 aromatic heterocycles. The van der Waals surface area contributed by atoms with Crippen LogP contribution in [0.4, 0.5) is 13.2 Å². The summed E-state index contributed by atoms with van der Waals surface area (Å²) in [6.45, 7) is 0. The molecule has 0 unspecified atom stereocenters. The zero-order valence-corrected chi connectivity index (χ0v) is 12.6. The van der Waals surface area contributed by atoms with Crippen molar-refractivity contribution < 1.29 is 27.4 Å². The van der Waals surface area contributed by atoms with Crippen LogP contribution in [-0.4, -0.2) is 19.4 Å². The number of hydrogen-bond donors (Lipinski definition) is 1. The number of carbonyl (C=O) groups is 1. The molecule has 114 valence electrons. The van der Waals surface area contributed by atoms with E-state index in [0.717, 1.165) is 6.07 Å². The molecule has 0 aliphatic carbocycles. The van der Waals surface area contributed by atoms with Gasteiger partial charge in [-0.3, -0.25) is 4.79 Å². The molecule has 0 amide bonds. The van der Waals surface area contributed by atoms with Crippen molar-refractivity contribution in [2.24, 2.45) is 5.73 Å². The van der Waals surface area contributed by atoms with E-state index >= 15 is 0 Å². The van der Waals surface area contributed by atoms with Crippen LogP contribution in [0.25, 0.3) is 0 Å². The molecule has 9 heteroatoms. The van der Waals surface area contributed by atoms with Gasteiger partial charge >= 0.3 is 12.3 Å². The van der Waals surface area contributed by atoms with Crippen LogP contribution in [0.1, 0.15) is 18.0 Å². The summed E-state index contributed by atoms with van der Waals surface area (Å²) in [7, 11) is 1.17. The van der Waals surface area contributed by atoms with Crippen LogP contribution in [0, 0.1) is 0 Å². The van der Waals surface area contributed by atoms with Crippen LogP contribution >= 0.6 is 28.3 Å². The van der Waals surface area contributed by atoms with Crippen molar-refractivity contribution in [2.75, 3.05) is 7.11 Å². The van der Waals surface area contributed by atoms with Gasteiger partial charge in [0.25, 0.3) is 0 Å². The molecule has 1 atom stereocenters. The lowest BCUT2D eigenvalue weighted by Gasteiger charge is -2.17. The summed E-state index contributed by atoms with van der Waals surface area (Å²) in [6, 6.07) is 2.93. The van der Waals surface area contributed by atoms with E-state index in [9.17, 15) is 18.0 Å². The maximum absolute atomic E-state index is 12.2. The number of nitrogens with two attached hydrogens (primary N) is 1. The third kappa shape index (κ3) is 5.98. The molecule has 0 spiro atoms. The Morgan fingerprint density at radius 3 is 2.55 bits per heavy atom. The number of esters is 1. The molecule has 1 rings (SSSR count). The van der Waals surface area contributed by atoms with Crippen molar-refractivity contribution >= 4 is 34.3 Å². The van der Waals surface area contributed by atoms with Gasteiger partial charge in [0, 0.05) is 16.1 Å². The molecule has 0 bridgehead atoms. The van der Waals surface area contributed by atoms with Crippen molar-refractivity contribution in [3.63, 3.8) is 0 Å². The van der Waals surface area contributed by atoms with Crippen LogP contribution in [0.3, 0.4) is 0 Å². The van der Waals surface area contributed by atoms with Gasteiger partial charge in [-0.2, -0.15) is 0 Å². The topological polar surface area (TPSA) is 61.5 Å². The average Bonchev–Trinajstić information content (AvgIpc) is 2.29. The van der Waals surface area contributed by atoms with Crippen molar-refractivity contribution in [1.82, 2.24) is 0 Å². The maximum Gasteiger partial charge on any atom is 0.573 e. The molecule has 0 aliphatic heterocycles. The largest absolute Gasteiger partial charge is 0.573 e. The zero-order chi connectivity index (χ0) is 14.6. The minimum atomic E-state index is -4.83. The number of alkyl halides is 3. The highest BCUT2D eigenvalue weighted by Crippen LogP contribution is 2.33. The van der Waals surface area contributed by atoms with Gasteiger partial charge in [0.05, 0.1) is 13.5 Å².